The maximum Gasteiger partial charge on any atom is 0.472 e. The fourth-order valence-corrected chi connectivity index (χ4v) is 12.3. The Hall–Kier alpha value is -1.94. The van der Waals surface area contributed by atoms with Gasteiger partial charge in [-0.15, -0.1) is 0 Å². The number of ether oxygens (including phenoxy) is 4. The minimum absolute atomic E-state index is 0.105. The van der Waals surface area contributed by atoms with E-state index >= 15 is 0 Å². The Balaban J connectivity index is 5.16. The van der Waals surface area contributed by atoms with Crippen molar-refractivity contribution in [1.82, 2.24) is 0 Å². The lowest BCUT2D eigenvalue weighted by molar-refractivity contribution is -0.161. The molecule has 17 nitrogen and oxygen atoms in total. The number of aliphatic hydroxyl groups excluding tert-OH is 1. The van der Waals surface area contributed by atoms with Gasteiger partial charge in [0.25, 0.3) is 0 Å². The molecule has 0 aromatic rings. The van der Waals surface area contributed by atoms with Crippen molar-refractivity contribution < 1.29 is 80.2 Å². The Morgan fingerprint density at radius 3 is 0.844 bits per heavy atom. The Morgan fingerprint density at radius 2 is 0.567 bits per heavy atom. The summed E-state index contributed by atoms with van der Waals surface area (Å²) >= 11 is 0. The summed E-state index contributed by atoms with van der Waals surface area (Å²) in [7, 11) is -9.89. The summed E-state index contributed by atoms with van der Waals surface area (Å²) in [5.74, 6) is -0.547. The quantitative estimate of drug-likeness (QED) is 0.0222. The first-order valence-electron chi connectivity index (χ1n) is 37.0. The molecule has 0 bridgehead atoms. The molecule has 0 aromatic carbocycles. The van der Waals surface area contributed by atoms with Crippen LogP contribution in [0.2, 0.25) is 0 Å². The van der Waals surface area contributed by atoms with Crippen LogP contribution in [0.15, 0.2) is 0 Å². The monoisotopic (exact) mass is 1320 g/mol. The number of aliphatic hydroxyl groups is 1. The minimum Gasteiger partial charge on any atom is -0.462 e. The van der Waals surface area contributed by atoms with E-state index in [9.17, 15) is 43.2 Å². The van der Waals surface area contributed by atoms with Gasteiger partial charge in [-0.25, -0.2) is 9.13 Å². The van der Waals surface area contributed by atoms with Crippen molar-refractivity contribution in [3.05, 3.63) is 0 Å². The molecule has 0 aromatic heterocycles. The van der Waals surface area contributed by atoms with Crippen molar-refractivity contribution in [2.45, 2.75) is 381 Å². The molecule has 0 saturated carbocycles. The molecular weight excluding hydrogens is 1190 g/mol. The normalized spacial score (nSPS) is 14.4. The first-order chi connectivity index (χ1) is 43.4. The molecule has 3 unspecified atom stereocenters. The van der Waals surface area contributed by atoms with Crippen LogP contribution in [0.25, 0.3) is 0 Å². The summed E-state index contributed by atoms with van der Waals surface area (Å²) < 4.78 is 68.1. The first-order valence-corrected chi connectivity index (χ1v) is 40.0. The molecule has 0 saturated heterocycles. The molecule has 0 radical (unpaired) electrons. The highest BCUT2D eigenvalue weighted by Crippen LogP contribution is 2.45. The molecule has 0 rings (SSSR count). The van der Waals surface area contributed by atoms with E-state index in [1.807, 2.05) is 0 Å². The van der Waals surface area contributed by atoms with E-state index in [0.29, 0.717) is 25.7 Å². The zero-order chi connectivity index (χ0) is 66.5. The number of carbonyl (C=O) groups is 4. The number of hydrogen-bond donors (Lipinski definition) is 3. The summed E-state index contributed by atoms with van der Waals surface area (Å²) in [5.41, 5.74) is 0. The molecule has 0 aliphatic heterocycles. The predicted octanol–water partition coefficient (Wildman–Crippen LogP) is 20.4. The molecule has 0 amide bonds. The van der Waals surface area contributed by atoms with Crippen molar-refractivity contribution in [2.24, 2.45) is 11.8 Å². The molecule has 0 heterocycles. The molecule has 6 atom stereocenters. The molecule has 0 spiro atoms. The van der Waals surface area contributed by atoms with Crippen molar-refractivity contribution in [3.63, 3.8) is 0 Å². The lowest BCUT2D eigenvalue weighted by Gasteiger charge is -2.21. The Labute approximate surface area is 549 Å². The van der Waals surface area contributed by atoms with Gasteiger partial charge in [-0.3, -0.25) is 37.3 Å². The lowest BCUT2D eigenvalue weighted by atomic mass is 9.99. The molecule has 90 heavy (non-hydrogen) atoms. The van der Waals surface area contributed by atoms with Crippen LogP contribution in [0.4, 0.5) is 0 Å². The van der Waals surface area contributed by atoms with E-state index in [4.69, 9.17) is 37.0 Å². The summed E-state index contributed by atoms with van der Waals surface area (Å²) in [6.07, 6.45) is 48.8. The zero-order valence-corrected chi connectivity index (χ0v) is 60.2. The zero-order valence-electron chi connectivity index (χ0n) is 58.4. The van der Waals surface area contributed by atoms with Crippen LogP contribution in [0.3, 0.4) is 0 Å². The minimum atomic E-state index is -4.95. The molecule has 3 N–H and O–H groups in total. The van der Waals surface area contributed by atoms with E-state index < -0.39 is 97.5 Å². The van der Waals surface area contributed by atoms with Crippen LogP contribution in [0, 0.1) is 11.8 Å². The van der Waals surface area contributed by atoms with Gasteiger partial charge in [0.15, 0.2) is 12.2 Å². The SMILES string of the molecule is CCCCCCCCCCCCCCCCCCC(=O)O[C@H](COC(=O)CCCCCCCCCCCCCCC(C)C)COP(=O)(O)OC[C@@H](O)COP(=O)(O)OC[C@@H](COC(=O)CCCCCCC)OC(=O)CCCCCCCCCCCCC(C)CC. The van der Waals surface area contributed by atoms with Crippen LogP contribution in [0.1, 0.15) is 363 Å². The molecule has 0 aliphatic rings. The average molecular weight is 1330 g/mol. The molecule has 19 heteroatoms. The fourth-order valence-electron chi connectivity index (χ4n) is 10.7. The van der Waals surface area contributed by atoms with Gasteiger partial charge in [0.05, 0.1) is 26.4 Å². The molecule has 0 fully saturated rings. The lowest BCUT2D eigenvalue weighted by Crippen LogP contribution is -2.30. The van der Waals surface area contributed by atoms with Crippen LogP contribution >= 0.6 is 15.6 Å². The highest BCUT2D eigenvalue weighted by atomic mass is 31.2. The van der Waals surface area contributed by atoms with Gasteiger partial charge in [-0.2, -0.15) is 0 Å². The van der Waals surface area contributed by atoms with Gasteiger partial charge < -0.3 is 33.8 Å². The maximum absolute atomic E-state index is 13.0. The van der Waals surface area contributed by atoms with Gasteiger partial charge in [0, 0.05) is 25.7 Å². The number of unbranched alkanes of at least 4 members (excludes halogenated alkanes) is 39. The van der Waals surface area contributed by atoms with Crippen LogP contribution in [0.5, 0.6) is 0 Å². The third kappa shape index (κ3) is 63.5. The van der Waals surface area contributed by atoms with Gasteiger partial charge in [0.1, 0.15) is 19.3 Å². The van der Waals surface area contributed by atoms with Crippen LogP contribution < -0.4 is 0 Å². The van der Waals surface area contributed by atoms with E-state index in [-0.39, 0.29) is 25.7 Å². The Morgan fingerprint density at radius 1 is 0.322 bits per heavy atom. The van der Waals surface area contributed by atoms with Gasteiger partial charge in [-0.1, -0.05) is 311 Å². The van der Waals surface area contributed by atoms with Crippen molar-refractivity contribution in [2.75, 3.05) is 39.6 Å². The van der Waals surface area contributed by atoms with E-state index in [0.717, 1.165) is 108 Å². The van der Waals surface area contributed by atoms with E-state index in [2.05, 4.69) is 41.5 Å². The number of phosphoric acid groups is 2. The highest BCUT2D eigenvalue weighted by molar-refractivity contribution is 7.47. The number of hydrogen-bond acceptors (Lipinski definition) is 15. The Bertz CT molecular complexity index is 1750. The van der Waals surface area contributed by atoms with Crippen molar-refractivity contribution in [1.29, 1.82) is 0 Å². The highest BCUT2D eigenvalue weighted by Gasteiger charge is 2.30. The first kappa shape index (κ1) is 88.1. The second kappa shape index (κ2) is 63.1. The van der Waals surface area contributed by atoms with Gasteiger partial charge in [0.2, 0.25) is 0 Å². The number of esters is 4. The Kier molecular flexibility index (Phi) is 61.8. The van der Waals surface area contributed by atoms with Crippen LogP contribution in [-0.4, -0.2) is 96.7 Å². The van der Waals surface area contributed by atoms with Crippen LogP contribution in [-0.2, 0) is 65.4 Å². The topological polar surface area (TPSA) is 237 Å². The summed E-state index contributed by atoms with van der Waals surface area (Å²) in [6.45, 7) is 9.51. The molecule has 534 valence electrons. The number of carbonyl (C=O) groups excluding carboxylic acids is 4. The van der Waals surface area contributed by atoms with Gasteiger partial charge >= 0.3 is 39.5 Å². The third-order valence-electron chi connectivity index (χ3n) is 16.8. The fraction of sp³-hybridized carbons (Fsp3) is 0.944. The largest absolute Gasteiger partial charge is 0.472 e. The molecular formula is C71H138O17P2. The smallest absolute Gasteiger partial charge is 0.462 e. The van der Waals surface area contributed by atoms with Crippen molar-refractivity contribution in [3.8, 4) is 0 Å². The maximum atomic E-state index is 13.0. The van der Waals surface area contributed by atoms with E-state index in [1.54, 1.807) is 0 Å². The second-order valence-electron chi connectivity index (χ2n) is 26.3. The second-order valence-corrected chi connectivity index (χ2v) is 29.3. The predicted molar refractivity (Wildman–Crippen MR) is 363 cm³/mol. The standard InChI is InChI=1S/C71H138O17P2/c1-7-10-12-14-15-16-17-18-19-20-21-26-32-37-43-49-55-71(76)88-67(60-82-69(74)54-48-42-36-31-25-23-22-24-29-34-40-45-51-63(4)5)62-86-90(79,80)84-58-65(72)57-83-89(77,78)85-61-66(59-81-68(73)53-47-39-13-11-8-2)87-70(75)56-50-44-38-33-28-27-30-35-41-46-52-64(6)9-3/h63-67,72H,7-62H2,1-6H3,(H,77,78)(H,79,80)/t64?,65-,66+,67+/m0/s1. The summed E-state index contributed by atoms with van der Waals surface area (Å²) in [4.78, 5) is 72.3. The van der Waals surface area contributed by atoms with E-state index in [1.165, 1.54) is 173 Å². The van der Waals surface area contributed by atoms with Crippen molar-refractivity contribution >= 4 is 39.5 Å². The average Bonchev–Trinajstić information content (AvgIpc) is 3.07. The number of phosphoric ester groups is 2. The summed E-state index contributed by atoms with van der Waals surface area (Å²) in [5, 5.41) is 10.6. The summed E-state index contributed by atoms with van der Waals surface area (Å²) in [6, 6.07) is 0. The molecule has 0 aliphatic carbocycles. The van der Waals surface area contributed by atoms with Gasteiger partial charge in [-0.05, 0) is 37.5 Å². The third-order valence-corrected chi connectivity index (χ3v) is 18.7. The number of rotatable bonds is 70.